The molecular weight excluding hydrogens is 252 g/mol. The molecule has 0 amide bonds. The molecule has 0 aromatic rings. The number of thioether (sulfide) groups is 1. The summed E-state index contributed by atoms with van der Waals surface area (Å²) in [4.78, 5) is 0. The molecule has 108 valence electrons. The van der Waals surface area contributed by atoms with Gasteiger partial charge < -0.3 is 0 Å². The highest BCUT2D eigenvalue weighted by molar-refractivity contribution is 7.99. The van der Waals surface area contributed by atoms with Gasteiger partial charge in [0.2, 0.25) is 0 Å². The Morgan fingerprint density at radius 3 is 2.63 bits per heavy atom. The van der Waals surface area contributed by atoms with Crippen molar-refractivity contribution in [3.63, 3.8) is 0 Å². The van der Waals surface area contributed by atoms with Gasteiger partial charge in [0, 0.05) is 11.3 Å². The Morgan fingerprint density at radius 1 is 1.26 bits per heavy atom. The smallest absolute Gasteiger partial charge is 0.109 e. The van der Waals surface area contributed by atoms with Crippen LogP contribution < -0.4 is 5.32 Å². The molecule has 3 heteroatoms. The van der Waals surface area contributed by atoms with Crippen molar-refractivity contribution in [1.29, 1.82) is 5.26 Å². The average molecular weight is 280 g/mol. The van der Waals surface area contributed by atoms with Gasteiger partial charge >= 0.3 is 0 Å². The summed E-state index contributed by atoms with van der Waals surface area (Å²) in [6, 6.07) is 3.02. The van der Waals surface area contributed by atoms with Crippen molar-refractivity contribution in [3.8, 4) is 6.07 Å². The zero-order valence-electron chi connectivity index (χ0n) is 12.5. The van der Waals surface area contributed by atoms with Gasteiger partial charge in [-0.3, -0.25) is 5.32 Å². The van der Waals surface area contributed by atoms with Crippen molar-refractivity contribution in [1.82, 2.24) is 5.32 Å². The van der Waals surface area contributed by atoms with Crippen LogP contribution in [0.15, 0.2) is 0 Å². The van der Waals surface area contributed by atoms with E-state index in [0.717, 1.165) is 11.7 Å². The first kappa shape index (κ1) is 15.2. The van der Waals surface area contributed by atoms with E-state index in [0.29, 0.717) is 12.0 Å². The molecule has 0 radical (unpaired) electrons. The van der Waals surface area contributed by atoms with Gasteiger partial charge in [-0.25, -0.2) is 0 Å². The fourth-order valence-corrected chi connectivity index (χ4v) is 5.21. The van der Waals surface area contributed by atoms with Crippen molar-refractivity contribution in [2.75, 3.05) is 5.75 Å². The maximum absolute atomic E-state index is 9.63. The number of hydrogen-bond donors (Lipinski definition) is 1. The largest absolute Gasteiger partial charge is 0.297 e. The lowest BCUT2D eigenvalue weighted by atomic mass is 9.86. The summed E-state index contributed by atoms with van der Waals surface area (Å²) < 4.78 is 0. The third-order valence-corrected chi connectivity index (χ3v) is 6.10. The molecule has 2 fully saturated rings. The van der Waals surface area contributed by atoms with Gasteiger partial charge in [-0.15, -0.1) is 0 Å². The lowest BCUT2D eigenvalue weighted by molar-refractivity contribution is 0.289. The Morgan fingerprint density at radius 2 is 2.00 bits per heavy atom. The molecule has 2 aliphatic rings. The normalized spacial score (nSPS) is 32.0. The second-order valence-corrected chi connectivity index (χ2v) is 7.95. The molecule has 0 aromatic heterocycles. The van der Waals surface area contributed by atoms with E-state index in [4.69, 9.17) is 0 Å². The molecule has 0 aliphatic heterocycles. The summed E-state index contributed by atoms with van der Waals surface area (Å²) in [7, 11) is 0. The number of nitriles is 1. The Labute approximate surface area is 122 Å². The summed E-state index contributed by atoms with van der Waals surface area (Å²) in [5.41, 5.74) is -0.232. The predicted octanol–water partition coefficient (Wildman–Crippen LogP) is 4.11. The number of nitrogens with one attached hydrogen (secondary N) is 1. The van der Waals surface area contributed by atoms with Crippen LogP contribution >= 0.6 is 11.8 Å². The van der Waals surface area contributed by atoms with Crippen LogP contribution in [0.1, 0.15) is 65.2 Å². The number of nitrogens with zero attached hydrogens (tertiary/aromatic N) is 1. The zero-order chi connectivity index (χ0) is 13.7. The molecule has 0 heterocycles. The summed E-state index contributed by atoms with van der Waals surface area (Å²) in [5.74, 6) is 1.81. The van der Waals surface area contributed by atoms with Gasteiger partial charge in [-0.1, -0.05) is 19.3 Å². The number of hydrogen-bond acceptors (Lipinski definition) is 3. The molecule has 2 saturated carbocycles. The van der Waals surface area contributed by atoms with Gasteiger partial charge in [0.15, 0.2) is 0 Å². The number of rotatable bonds is 6. The minimum Gasteiger partial charge on any atom is -0.297 e. The van der Waals surface area contributed by atoms with E-state index >= 15 is 0 Å². The molecular formula is C16H28N2S. The molecule has 0 aromatic carbocycles. The van der Waals surface area contributed by atoms with Crippen molar-refractivity contribution in [2.45, 2.75) is 82.0 Å². The van der Waals surface area contributed by atoms with Crippen LogP contribution in [0.4, 0.5) is 0 Å². The third kappa shape index (κ3) is 3.89. The van der Waals surface area contributed by atoms with Crippen molar-refractivity contribution < 1.29 is 0 Å². The Balaban J connectivity index is 1.81. The molecule has 2 unspecified atom stereocenters. The lowest BCUT2D eigenvalue weighted by Gasteiger charge is -2.32. The van der Waals surface area contributed by atoms with E-state index < -0.39 is 0 Å². The van der Waals surface area contributed by atoms with Crippen LogP contribution in [0.5, 0.6) is 0 Å². The third-order valence-electron chi connectivity index (χ3n) is 4.69. The lowest BCUT2D eigenvalue weighted by Crippen LogP contribution is -2.50. The van der Waals surface area contributed by atoms with E-state index in [1.165, 1.54) is 50.7 Å². The first-order chi connectivity index (χ1) is 9.16. The fraction of sp³-hybridized carbons (Fsp3) is 0.938. The van der Waals surface area contributed by atoms with Crippen LogP contribution in [0.25, 0.3) is 0 Å². The van der Waals surface area contributed by atoms with Gasteiger partial charge in [-0.05, 0) is 57.6 Å². The topological polar surface area (TPSA) is 35.8 Å². The van der Waals surface area contributed by atoms with Crippen LogP contribution in [0.2, 0.25) is 0 Å². The summed E-state index contributed by atoms with van der Waals surface area (Å²) >= 11 is 2.16. The van der Waals surface area contributed by atoms with E-state index in [1.54, 1.807) is 0 Å². The zero-order valence-corrected chi connectivity index (χ0v) is 13.3. The molecule has 2 aliphatic carbocycles. The molecule has 19 heavy (non-hydrogen) atoms. The molecule has 0 bridgehead atoms. The Bertz CT molecular complexity index is 317. The van der Waals surface area contributed by atoms with Crippen LogP contribution in [-0.2, 0) is 0 Å². The Hall–Kier alpha value is -0.200. The molecule has 2 atom stereocenters. The second kappa shape index (κ2) is 6.99. The summed E-state index contributed by atoms with van der Waals surface area (Å²) in [6.45, 7) is 4.31. The standard InChI is InChI=1S/C16H28N2S/c1-13(2)18-16(12-17)10-5-6-14(16)9-11-19-15-7-3-4-8-15/h13-15,18H,3-11H2,1-2H3. The van der Waals surface area contributed by atoms with Crippen molar-refractivity contribution in [3.05, 3.63) is 0 Å². The molecule has 1 N–H and O–H groups in total. The predicted molar refractivity (Wildman–Crippen MR) is 83.3 cm³/mol. The van der Waals surface area contributed by atoms with Gasteiger partial charge in [0.25, 0.3) is 0 Å². The van der Waals surface area contributed by atoms with E-state index in [-0.39, 0.29) is 5.54 Å². The van der Waals surface area contributed by atoms with E-state index in [1.807, 2.05) is 0 Å². The highest BCUT2D eigenvalue weighted by Gasteiger charge is 2.43. The second-order valence-electron chi connectivity index (χ2n) is 6.54. The Kier molecular flexibility index (Phi) is 5.59. The maximum atomic E-state index is 9.63. The molecule has 2 nitrogen and oxygen atoms in total. The minimum absolute atomic E-state index is 0.232. The summed E-state index contributed by atoms with van der Waals surface area (Å²) in [6.07, 6.45) is 10.4. The maximum Gasteiger partial charge on any atom is 0.109 e. The van der Waals surface area contributed by atoms with E-state index in [2.05, 4.69) is 37.0 Å². The average Bonchev–Trinajstić information content (AvgIpc) is 3.00. The SMILES string of the molecule is CC(C)NC1(C#N)CCCC1CCSC1CCCC1. The fourth-order valence-electron chi connectivity index (χ4n) is 3.79. The van der Waals surface area contributed by atoms with Crippen LogP contribution in [0, 0.1) is 17.2 Å². The molecule has 0 saturated heterocycles. The van der Waals surface area contributed by atoms with Crippen LogP contribution in [-0.4, -0.2) is 22.6 Å². The molecule has 0 spiro atoms. The van der Waals surface area contributed by atoms with Gasteiger partial charge in [0.1, 0.15) is 5.54 Å². The highest BCUT2D eigenvalue weighted by Crippen LogP contribution is 2.39. The van der Waals surface area contributed by atoms with Crippen molar-refractivity contribution >= 4 is 11.8 Å². The van der Waals surface area contributed by atoms with Gasteiger partial charge in [-0.2, -0.15) is 17.0 Å². The first-order valence-corrected chi connectivity index (χ1v) is 9.02. The summed E-state index contributed by atoms with van der Waals surface area (Å²) in [5, 5.41) is 14.1. The highest BCUT2D eigenvalue weighted by atomic mass is 32.2. The van der Waals surface area contributed by atoms with Crippen molar-refractivity contribution in [2.24, 2.45) is 5.92 Å². The monoisotopic (exact) mass is 280 g/mol. The first-order valence-electron chi connectivity index (χ1n) is 7.97. The van der Waals surface area contributed by atoms with Gasteiger partial charge in [0.05, 0.1) is 6.07 Å². The van der Waals surface area contributed by atoms with Crippen LogP contribution in [0.3, 0.4) is 0 Å². The quantitative estimate of drug-likeness (QED) is 0.795. The van der Waals surface area contributed by atoms with E-state index in [9.17, 15) is 5.26 Å². The minimum atomic E-state index is -0.232. The molecule has 2 rings (SSSR count).